The van der Waals surface area contributed by atoms with Gasteiger partial charge in [-0.25, -0.2) is 15.0 Å². The highest BCUT2D eigenvalue weighted by Gasteiger charge is 2.48. The largest absolute Gasteiger partial charge is 0.394 e. The van der Waals surface area contributed by atoms with Crippen molar-refractivity contribution in [2.75, 3.05) is 12.3 Å². The van der Waals surface area contributed by atoms with E-state index in [-0.39, 0.29) is 32.2 Å². The number of ether oxygens (including phenoxy) is 1. The number of nitrogens with zero attached hydrogens (tertiary/aromatic N) is 4. The van der Waals surface area contributed by atoms with Crippen molar-refractivity contribution in [3.8, 4) is 0 Å². The lowest BCUT2D eigenvalue weighted by Crippen LogP contribution is -2.29. The number of fused-ring (bicyclic) bond motifs is 1. The Labute approximate surface area is 179 Å². The molecule has 0 saturated carbocycles. The van der Waals surface area contributed by atoms with Crippen LogP contribution >= 0.6 is 15.9 Å². The van der Waals surface area contributed by atoms with E-state index in [9.17, 15) is 23.2 Å². The molecule has 1 fully saturated rings. The number of halogens is 1. The highest BCUT2D eigenvalue weighted by molar-refractivity contribution is 9.10. The minimum atomic E-state index is -4.60. The monoisotopic (exact) mass is 499 g/mol. The van der Waals surface area contributed by atoms with Crippen molar-refractivity contribution >= 4 is 43.0 Å². The minimum absolute atomic E-state index is 0.127. The van der Waals surface area contributed by atoms with Crippen LogP contribution in [0.1, 0.15) is 23.3 Å². The van der Waals surface area contributed by atoms with Crippen LogP contribution in [-0.4, -0.2) is 61.5 Å². The predicted octanol–water partition coefficient (Wildman–Crippen LogP) is 0.761. The summed E-state index contributed by atoms with van der Waals surface area (Å²) in [7, 11) is -4.60. The summed E-state index contributed by atoms with van der Waals surface area (Å²) in [4.78, 5) is 12.0. The van der Waals surface area contributed by atoms with Gasteiger partial charge in [-0.3, -0.25) is 9.12 Å². The maximum Gasteiger partial charge on any atom is 0.294 e. The van der Waals surface area contributed by atoms with Crippen molar-refractivity contribution in [2.45, 2.75) is 36.2 Å². The van der Waals surface area contributed by atoms with Crippen molar-refractivity contribution in [1.29, 1.82) is 0 Å². The van der Waals surface area contributed by atoms with Crippen LogP contribution in [0.5, 0.6) is 0 Å². The second kappa shape index (κ2) is 7.51. The number of aryl methyl sites for hydroxylation is 1. The number of nitrogen functional groups attached to an aromatic ring is 1. The number of hydrogen-bond acceptors (Lipinski definition) is 9. The van der Waals surface area contributed by atoms with Crippen molar-refractivity contribution in [1.82, 2.24) is 19.5 Å². The first kappa shape index (κ1) is 21.1. The lowest BCUT2D eigenvalue weighted by molar-refractivity contribution is -0.0445. The van der Waals surface area contributed by atoms with Crippen LogP contribution in [0, 0.1) is 6.92 Å². The number of aliphatic hydroxyl groups excluding tert-OH is 2. The van der Waals surface area contributed by atoms with Gasteiger partial charge < -0.3 is 20.7 Å². The third kappa shape index (κ3) is 3.36. The first-order valence-electron chi connectivity index (χ1n) is 8.79. The predicted molar refractivity (Wildman–Crippen MR) is 108 cm³/mol. The molecule has 1 aromatic carbocycles. The standard InChI is InChI=1S/C17H18BrN5O6S/c1-7-2-3-10(30(26,27)28)8(4-7)11-13(25)9(5-24)29-16(11)23-15-12(22-17(23)18)14(19)20-6-21-15/h2-4,6,9,11,13,16,24-25H,5H2,1H3,(H2,19,20,21)(H,26,27,28)/t9-,11-,13+,16-/m1/s1. The molecule has 1 aliphatic rings. The van der Waals surface area contributed by atoms with Crippen LogP contribution in [0.25, 0.3) is 11.2 Å². The Kier molecular flexibility index (Phi) is 5.28. The molecule has 0 bridgehead atoms. The molecule has 0 spiro atoms. The maximum atomic E-state index is 12.0. The molecule has 13 heteroatoms. The Balaban J connectivity index is 1.97. The lowest BCUT2D eigenvalue weighted by atomic mass is 9.90. The molecule has 160 valence electrons. The minimum Gasteiger partial charge on any atom is -0.394 e. The molecule has 2 aromatic heterocycles. The number of aliphatic hydroxyl groups is 2. The molecule has 1 saturated heterocycles. The second-order valence-corrected chi connectivity index (χ2v) is 9.06. The first-order chi connectivity index (χ1) is 14.1. The summed E-state index contributed by atoms with van der Waals surface area (Å²) in [5.41, 5.74) is 7.29. The molecular weight excluding hydrogens is 482 g/mol. The average Bonchev–Trinajstić information content (AvgIpc) is 3.17. The summed E-state index contributed by atoms with van der Waals surface area (Å²) in [5.74, 6) is -0.855. The Morgan fingerprint density at radius 3 is 2.73 bits per heavy atom. The van der Waals surface area contributed by atoms with Gasteiger partial charge in [-0.2, -0.15) is 8.42 Å². The molecule has 0 unspecified atom stereocenters. The van der Waals surface area contributed by atoms with E-state index in [1.807, 2.05) is 0 Å². The van der Waals surface area contributed by atoms with Crippen molar-refractivity contribution < 1.29 is 27.9 Å². The topological polar surface area (TPSA) is 174 Å². The second-order valence-electron chi connectivity index (χ2n) is 6.96. The highest BCUT2D eigenvalue weighted by atomic mass is 79.9. The third-order valence-corrected chi connectivity index (χ3v) is 6.56. The summed E-state index contributed by atoms with van der Waals surface area (Å²) in [6.45, 7) is 1.23. The molecule has 5 N–H and O–H groups in total. The number of imidazole rings is 1. The summed E-state index contributed by atoms with van der Waals surface area (Å²) in [6.07, 6.45) is -2.08. The van der Waals surface area contributed by atoms with Gasteiger partial charge in [0.1, 0.15) is 18.7 Å². The smallest absolute Gasteiger partial charge is 0.294 e. The number of anilines is 1. The zero-order valence-electron chi connectivity index (χ0n) is 15.5. The summed E-state index contributed by atoms with van der Waals surface area (Å²) in [5, 5.41) is 20.6. The highest BCUT2D eigenvalue weighted by Crippen LogP contribution is 2.46. The molecule has 0 aliphatic carbocycles. The zero-order chi connectivity index (χ0) is 21.8. The van der Waals surface area contributed by atoms with E-state index in [1.54, 1.807) is 13.0 Å². The molecule has 3 aromatic rings. The van der Waals surface area contributed by atoms with Gasteiger partial charge in [0.05, 0.1) is 23.5 Å². The van der Waals surface area contributed by atoms with Gasteiger partial charge in [0, 0.05) is 0 Å². The Morgan fingerprint density at radius 2 is 2.07 bits per heavy atom. The molecule has 3 heterocycles. The van der Waals surface area contributed by atoms with E-state index in [1.165, 1.54) is 23.0 Å². The summed E-state index contributed by atoms with van der Waals surface area (Å²) >= 11 is 3.32. The number of hydrogen-bond donors (Lipinski definition) is 4. The van der Waals surface area contributed by atoms with E-state index in [4.69, 9.17) is 10.5 Å². The summed E-state index contributed by atoms with van der Waals surface area (Å²) in [6, 6.07) is 4.34. The van der Waals surface area contributed by atoms with Crippen LogP contribution in [0.3, 0.4) is 0 Å². The molecule has 11 nitrogen and oxygen atoms in total. The van der Waals surface area contributed by atoms with Gasteiger partial charge in [-0.15, -0.1) is 0 Å². The van der Waals surface area contributed by atoms with Crippen LogP contribution in [-0.2, 0) is 14.9 Å². The molecule has 1 aliphatic heterocycles. The molecular formula is C17H18BrN5O6S. The van der Waals surface area contributed by atoms with Gasteiger partial charge in [0.2, 0.25) is 0 Å². The Hall–Kier alpha value is -2.16. The molecule has 0 amide bonds. The Morgan fingerprint density at radius 1 is 1.33 bits per heavy atom. The first-order valence-corrected chi connectivity index (χ1v) is 11.0. The van der Waals surface area contributed by atoms with E-state index in [0.29, 0.717) is 5.56 Å². The van der Waals surface area contributed by atoms with Crippen molar-refractivity contribution in [3.63, 3.8) is 0 Å². The fourth-order valence-electron chi connectivity index (χ4n) is 3.74. The third-order valence-electron chi connectivity index (χ3n) is 5.07. The number of rotatable bonds is 4. The zero-order valence-corrected chi connectivity index (χ0v) is 17.9. The maximum absolute atomic E-state index is 12.0. The fraction of sp³-hybridized carbons (Fsp3) is 0.353. The van der Waals surface area contributed by atoms with Crippen LogP contribution < -0.4 is 5.73 Å². The van der Waals surface area contributed by atoms with Crippen molar-refractivity contribution in [2.24, 2.45) is 0 Å². The molecule has 0 radical (unpaired) electrons. The van der Waals surface area contributed by atoms with E-state index in [2.05, 4.69) is 30.9 Å². The van der Waals surface area contributed by atoms with E-state index in [0.717, 1.165) is 0 Å². The molecule has 4 rings (SSSR count). The van der Waals surface area contributed by atoms with Gasteiger partial charge in [0.15, 0.2) is 21.7 Å². The van der Waals surface area contributed by atoms with Crippen LogP contribution in [0.15, 0.2) is 34.2 Å². The van der Waals surface area contributed by atoms with Crippen molar-refractivity contribution in [3.05, 3.63) is 40.4 Å². The van der Waals surface area contributed by atoms with Crippen LogP contribution in [0.4, 0.5) is 5.82 Å². The normalized spacial score (nSPS) is 24.6. The number of aromatic nitrogens is 4. The van der Waals surface area contributed by atoms with E-state index >= 15 is 0 Å². The molecule has 4 atom stereocenters. The van der Waals surface area contributed by atoms with Crippen LogP contribution in [0.2, 0.25) is 0 Å². The van der Waals surface area contributed by atoms with Gasteiger partial charge in [-0.05, 0) is 34.5 Å². The average molecular weight is 500 g/mol. The van der Waals surface area contributed by atoms with Gasteiger partial charge in [-0.1, -0.05) is 17.7 Å². The molecule has 30 heavy (non-hydrogen) atoms. The fourth-order valence-corrected chi connectivity index (χ4v) is 5.02. The van der Waals surface area contributed by atoms with Gasteiger partial charge in [0.25, 0.3) is 10.1 Å². The van der Waals surface area contributed by atoms with Gasteiger partial charge >= 0.3 is 0 Å². The lowest BCUT2D eigenvalue weighted by Gasteiger charge is -2.24. The number of nitrogens with two attached hydrogens (primary N) is 1. The quantitative estimate of drug-likeness (QED) is 0.296. The SMILES string of the molecule is Cc1ccc(S(=O)(=O)O)c([C@@H]2[C@@H](O)[C@@H](CO)O[C@H]2n2c(Br)nc3c(N)ncnc32)c1. The van der Waals surface area contributed by atoms with E-state index < -0.39 is 41.1 Å². The number of benzene rings is 1. The summed E-state index contributed by atoms with van der Waals surface area (Å²) < 4.78 is 41.4. The Bertz CT molecular complexity index is 1230.